The molecule has 21 heavy (non-hydrogen) atoms. The predicted molar refractivity (Wildman–Crippen MR) is 83.7 cm³/mol. The van der Waals surface area contributed by atoms with Gasteiger partial charge in [0.05, 0.1) is 35.7 Å². The number of nitrogens with zero attached hydrogens (tertiary/aromatic N) is 3. The second kappa shape index (κ2) is 6.65. The van der Waals surface area contributed by atoms with Crippen LogP contribution in [-0.4, -0.2) is 53.6 Å². The Hall–Kier alpha value is -0.620. The molecule has 3 unspecified atom stereocenters. The molecule has 5 nitrogen and oxygen atoms in total. The van der Waals surface area contributed by atoms with Crippen molar-refractivity contribution in [3.05, 3.63) is 16.9 Å². The zero-order valence-corrected chi connectivity index (χ0v) is 13.6. The fraction of sp³-hybridized carbons (Fsp3) is 0.800. The van der Waals surface area contributed by atoms with E-state index in [-0.39, 0.29) is 12.1 Å². The first-order valence-corrected chi connectivity index (χ1v) is 8.36. The van der Waals surface area contributed by atoms with Crippen molar-refractivity contribution < 1.29 is 4.74 Å². The van der Waals surface area contributed by atoms with Crippen LogP contribution in [0.15, 0.2) is 6.20 Å². The quantitative estimate of drug-likeness (QED) is 0.904. The maximum Gasteiger partial charge on any atom is 0.0912 e. The Morgan fingerprint density at radius 2 is 2.43 bits per heavy atom. The molecule has 0 aromatic carbocycles. The van der Waals surface area contributed by atoms with Crippen LogP contribution < -0.4 is 5.32 Å². The van der Waals surface area contributed by atoms with Gasteiger partial charge < -0.3 is 10.1 Å². The molecule has 1 N–H and O–H groups in total. The van der Waals surface area contributed by atoms with Crippen LogP contribution in [0.4, 0.5) is 0 Å². The fourth-order valence-corrected chi connectivity index (χ4v) is 3.87. The smallest absolute Gasteiger partial charge is 0.0912 e. The van der Waals surface area contributed by atoms with Gasteiger partial charge in [0.25, 0.3) is 0 Å². The molecule has 2 fully saturated rings. The van der Waals surface area contributed by atoms with Crippen molar-refractivity contribution in [2.75, 3.05) is 26.7 Å². The lowest BCUT2D eigenvalue weighted by atomic mass is 10.0. The van der Waals surface area contributed by atoms with E-state index in [1.807, 2.05) is 11.7 Å². The number of halogens is 1. The molecule has 2 saturated heterocycles. The highest BCUT2D eigenvalue weighted by molar-refractivity contribution is 6.31. The highest BCUT2D eigenvalue weighted by Gasteiger charge is 2.37. The highest BCUT2D eigenvalue weighted by Crippen LogP contribution is 2.31. The number of nitrogens with one attached hydrogen (secondary N) is 1. The Bertz CT molecular complexity index is 478. The molecule has 0 aliphatic carbocycles. The number of ether oxygens (including phenoxy) is 1. The Morgan fingerprint density at radius 3 is 3.19 bits per heavy atom. The van der Waals surface area contributed by atoms with Gasteiger partial charge in [0, 0.05) is 19.1 Å². The van der Waals surface area contributed by atoms with Gasteiger partial charge in [-0.05, 0) is 32.9 Å². The maximum atomic E-state index is 6.39. The predicted octanol–water partition coefficient (Wildman–Crippen LogP) is 2.07. The van der Waals surface area contributed by atoms with Gasteiger partial charge in [-0.3, -0.25) is 9.58 Å². The molecule has 0 bridgehead atoms. The van der Waals surface area contributed by atoms with Crippen molar-refractivity contribution in [1.29, 1.82) is 0 Å². The number of hydrogen-bond acceptors (Lipinski definition) is 4. The monoisotopic (exact) mass is 312 g/mol. The van der Waals surface area contributed by atoms with Crippen molar-refractivity contribution in [2.24, 2.45) is 0 Å². The molecule has 0 saturated carbocycles. The molecule has 0 radical (unpaired) electrons. The molecule has 1 aromatic rings. The number of rotatable bonds is 5. The Morgan fingerprint density at radius 1 is 1.57 bits per heavy atom. The van der Waals surface area contributed by atoms with Gasteiger partial charge >= 0.3 is 0 Å². The largest absolute Gasteiger partial charge is 0.373 e. The van der Waals surface area contributed by atoms with Gasteiger partial charge in [0.15, 0.2) is 0 Å². The van der Waals surface area contributed by atoms with E-state index < -0.39 is 0 Å². The van der Waals surface area contributed by atoms with E-state index in [2.05, 4.69) is 22.2 Å². The van der Waals surface area contributed by atoms with Crippen LogP contribution in [0.5, 0.6) is 0 Å². The van der Waals surface area contributed by atoms with Gasteiger partial charge in [-0.25, -0.2) is 0 Å². The minimum atomic E-state index is 0.0908. The molecular weight excluding hydrogens is 288 g/mol. The molecule has 0 spiro atoms. The third-order valence-electron chi connectivity index (χ3n) is 4.66. The first-order chi connectivity index (χ1) is 10.2. The lowest BCUT2D eigenvalue weighted by Gasteiger charge is -2.39. The van der Waals surface area contributed by atoms with Gasteiger partial charge in [-0.1, -0.05) is 18.5 Å². The van der Waals surface area contributed by atoms with E-state index >= 15 is 0 Å². The van der Waals surface area contributed by atoms with E-state index in [0.29, 0.717) is 6.04 Å². The van der Waals surface area contributed by atoms with E-state index in [1.165, 1.54) is 19.4 Å². The SMILES string of the molecule is CCCn1ncc(Cl)c1C(NC)C1CN2CCCC2CO1. The zero-order chi connectivity index (χ0) is 14.8. The van der Waals surface area contributed by atoms with Crippen molar-refractivity contribution in [3.8, 4) is 0 Å². The summed E-state index contributed by atoms with van der Waals surface area (Å²) in [5.74, 6) is 0. The Labute approximate surface area is 131 Å². The molecule has 3 rings (SSSR count). The van der Waals surface area contributed by atoms with E-state index in [0.717, 1.165) is 36.8 Å². The average molecular weight is 313 g/mol. The number of fused-ring (bicyclic) bond motifs is 1. The molecule has 0 amide bonds. The van der Waals surface area contributed by atoms with Crippen LogP contribution in [-0.2, 0) is 11.3 Å². The van der Waals surface area contributed by atoms with Crippen LogP contribution in [0, 0.1) is 0 Å². The second-order valence-corrected chi connectivity index (χ2v) is 6.44. The summed E-state index contributed by atoms with van der Waals surface area (Å²) in [6.07, 6.45) is 5.49. The molecular formula is C15H25ClN4O. The Balaban J connectivity index is 1.80. The molecule has 2 aliphatic rings. The van der Waals surface area contributed by atoms with Crippen molar-refractivity contribution in [2.45, 2.75) is 50.9 Å². The summed E-state index contributed by atoms with van der Waals surface area (Å²) in [5, 5.41) is 8.54. The number of hydrogen-bond donors (Lipinski definition) is 1. The van der Waals surface area contributed by atoms with Crippen molar-refractivity contribution in [1.82, 2.24) is 20.0 Å². The van der Waals surface area contributed by atoms with Crippen LogP contribution >= 0.6 is 11.6 Å². The summed E-state index contributed by atoms with van der Waals surface area (Å²) in [6, 6.07) is 0.711. The van der Waals surface area contributed by atoms with Crippen LogP contribution in [0.2, 0.25) is 5.02 Å². The van der Waals surface area contributed by atoms with Crippen LogP contribution in [0.3, 0.4) is 0 Å². The summed E-state index contributed by atoms with van der Waals surface area (Å²) in [5.41, 5.74) is 1.06. The highest BCUT2D eigenvalue weighted by atomic mass is 35.5. The summed E-state index contributed by atoms with van der Waals surface area (Å²) < 4.78 is 8.17. The lowest BCUT2D eigenvalue weighted by molar-refractivity contribution is -0.0654. The zero-order valence-electron chi connectivity index (χ0n) is 12.9. The minimum absolute atomic E-state index is 0.0908. The topological polar surface area (TPSA) is 42.3 Å². The van der Waals surface area contributed by atoms with E-state index in [9.17, 15) is 0 Å². The number of aromatic nitrogens is 2. The van der Waals surface area contributed by atoms with E-state index in [4.69, 9.17) is 16.3 Å². The van der Waals surface area contributed by atoms with Gasteiger partial charge in [0.2, 0.25) is 0 Å². The van der Waals surface area contributed by atoms with Gasteiger partial charge in [-0.15, -0.1) is 0 Å². The lowest BCUT2D eigenvalue weighted by Crippen LogP contribution is -2.50. The minimum Gasteiger partial charge on any atom is -0.373 e. The molecule has 3 atom stereocenters. The van der Waals surface area contributed by atoms with Crippen LogP contribution in [0.25, 0.3) is 0 Å². The standard InChI is InChI=1S/C15H25ClN4O/c1-3-6-20-15(12(16)8-18-20)14(17-2)13-9-19-7-4-5-11(19)10-21-13/h8,11,13-14,17H,3-7,9-10H2,1-2H3. The van der Waals surface area contributed by atoms with Gasteiger partial charge in [0.1, 0.15) is 0 Å². The average Bonchev–Trinajstić information content (AvgIpc) is 3.09. The third-order valence-corrected chi connectivity index (χ3v) is 4.95. The number of morpholine rings is 1. The fourth-order valence-electron chi connectivity index (χ4n) is 3.61. The third kappa shape index (κ3) is 2.97. The summed E-state index contributed by atoms with van der Waals surface area (Å²) in [7, 11) is 1.98. The summed E-state index contributed by atoms with van der Waals surface area (Å²) >= 11 is 6.39. The first-order valence-electron chi connectivity index (χ1n) is 7.98. The van der Waals surface area contributed by atoms with Crippen molar-refractivity contribution in [3.63, 3.8) is 0 Å². The second-order valence-electron chi connectivity index (χ2n) is 6.03. The summed E-state index contributed by atoms with van der Waals surface area (Å²) in [4.78, 5) is 2.56. The van der Waals surface area contributed by atoms with Gasteiger partial charge in [-0.2, -0.15) is 5.10 Å². The molecule has 118 valence electrons. The molecule has 1 aromatic heterocycles. The van der Waals surface area contributed by atoms with Crippen LogP contribution in [0.1, 0.15) is 37.9 Å². The normalized spacial score (nSPS) is 27.8. The van der Waals surface area contributed by atoms with Crippen molar-refractivity contribution >= 4 is 11.6 Å². The molecule has 6 heteroatoms. The maximum absolute atomic E-state index is 6.39. The molecule has 3 heterocycles. The summed E-state index contributed by atoms with van der Waals surface area (Å²) in [6.45, 7) is 6.05. The molecule has 2 aliphatic heterocycles. The first kappa shape index (κ1) is 15.3. The number of aryl methyl sites for hydroxylation is 1. The number of likely N-dealkylation sites (N-methyl/N-ethyl adjacent to an activating group) is 1. The Kier molecular flexibility index (Phi) is 4.84. The van der Waals surface area contributed by atoms with E-state index in [1.54, 1.807) is 6.20 Å².